The highest BCUT2D eigenvalue weighted by Crippen LogP contribution is 2.39. The molecule has 1 aromatic carbocycles. The quantitative estimate of drug-likeness (QED) is 0.784. The maximum atomic E-state index is 12.5. The second-order valence-electron chi connectivity index (χ2n) is 6.11. The highest BCUT2D eigenvalue weighted by molar-refractivity contribution is 7.86. The summed E-state index contributed by atoms with van der Waals surface area (Å²) in [5.41, 5.74) is 0.474. The summed E-state index contributed by atoms with van der Waals surface area (Å²) >= 11 is 0. The van der Waals surface area contributed by atoms with Crippen LogP contribution in [0.2, 0.25) is 0 Å². The lowest BCUT2D eigenvalue weighted by atomic mass is 9.90. The minimum atomic E-state index is -4.38. The van der Waals surface area contributed by atoms with Gasteiger partial charge in [-0.15, -0.1) is 0 Å². The zero-order chi connectivity index (χ0) is 16.6. The Bertz CT molecular complexity index is 596. The van der Waals surface area contributed by atoms with Gasteiger partial charge in [-0.05, 0) is 49.9 Å². The molecule has 2 atom stereocenters. The molecule has 3 rings (SSSR count). The van der Waals surface area contributed by atoms with Gasteiger partial charge in [0.25, 0.3) is 0 Å². The van der Waals surface area contributed by atoms with Gasteiger partial charge in [-0.25, -0.2) is 0 Å². The third kappa shape index (κ3) is 3.76. The van der Waals surface area contributed by atoms with Crippen LogP contribution in [0.3, 0.4) is 0 Å². The van der Waals surface area contributed by atoms with Gasteiger partial charge in [0.2, 0.25) is 0 Å². The van der Waals surface area contributed by atoms with Crippen molar-refractivity contribution in [3.8, 4) is 5.75 Å². The van der Waals surface area contributed by atoms with Crippen molar-refractivity contribution in [1.29, 1.82) is 0 Å². The van der Waals surface area contributed by atoms with Crippen LogP contribution >= 0.6 is 0 Å². The molecule has 3 nitrogen and oxygen atoms in total. The van der Waals surface area contributed by atoms with Crippen molar-refractivity contribution in [2.45, 2.75) is 42.4 Å². The molecular formula is C16H17F3O3S. The van der Waals surface area contributed by atoms with Crippen molar-refractivity contribution in [2.75, 3.05) is 6.61 Å². The maximum Gasteiger partial charge on any atom is 0.422 e. The number of hydrogen-bond acceptors (Lipinski definition) is 3. The first-order chi connectivity index (χ1) is 10.8. The number of fused-ring (bicyclic) bond motifs is 2. The summed E-state index contributed by atoms with van der Waals surface area (Å²) in [5, 5.41) is 0.245. The smallest absolute Gasteiger partial charge is 0.422 e. The monoisotopic (exact) mass is 346 g/mol. The molecule has 7 heteroatoms. The highest BCUT2D eigenvalue weighted by Gasteiger charge is 2.42. The lowest BCUT2D eigenvalue weighted by Crippen LogP contribution is -2.32. The molecule has 0 saturated carbocycles. The van der Waals surface area contributed by atoms with Gasteiger partial charge < -0.3 is 4.74 Å². The van der Waals surface area contributed by atoms with Gasteiger partial charge in [0.1, 0.15) is 5.75 Å². The normalized spacial score (nSPS) is 30.2. The Kier molecular flexibility index (Phi) is 4.49. The van der Waals surface area contributed by atoms with E-state index in [0.717, 1.165) is 12.8 Å². The van der Waals surface area contributed by atoms with Gasteiger partial charge in [-0.2, -0.15) is 13.2 Å². The van der Waals surface area contributed by atoms with Crippen molar-refractivity contribution >= 4 is 16.6 Å². The van der Waals surface area contributed by atoms with E-state index in [4.69, 9.17) is 0 Å². The first kappa shape index (κ1) is 16.5. The van der Waals surface area contributed by atoms with Crippen LogP contribution in [0.5, 0.6) is 5.75 Å². The van der Waals surface area contributed by atoms with E-state index in [1.165, 1.54) is 24.3 Å². The molecule has 0 amide bonds. The van der Waals surface area contributed by atoms with E-state index in [0.29, 0.717) is 18.4 Å². The topological polar surface area (TPSA) is 43.4 Å². The first-order valence-corrected chi connectivity index (χ1v) is 8.84. The SMILES string of the molecule is O=C(c1ccc(OCC(F)(F)F)cc1)C1CC2CCC(C1)S2=O. The molecule has 2 heterocycles. The highest BCUT2D eigenvalue weighted by atomic mass is 32.2. The Balaban J connectivity index is 1.63. The molecule has 2 bridgehead atoms. The van der Waals surface area contributed by atoms with E-state index in [9.17, 15) is 22.2 Å². The second-order valence-corrected chi connectivity index (χ2v) is 8.10. The summed E-state index contributed by atoms with van der Waals surface area (Å²) in [6, 6.07) is 5.77. The molecule has 126 valence electrons. The van der Waals surface area contributed by atoms with E-state index in [1.54, 1.807) is 0 Å². The summed E-state index contributed by atoms with van der Waals surface area (Å²) in [6.45, 7) is -1.35. The standard InChI is InChI=1S/C16H17F3O3S/c17-16(18,19)9-22-12-3-1-10(2-4-12)15(20)11-7-13-5-6-14(8-11)23(13)21/h1-4,11,13-14H,5-9H2. The molecular weight excluding hydrogens is 329 g/mol. The van der Waals surface area contributed by atoms with Crippen LogP contribution in [0.4, 0.5) is 13.2 Å². The van der Waals surface area contributed by atoms with Gasteiger partial charge >= 0.3 is 6.18 Å². The number of halogens is 3. The minimum Gasteiger partial charge on any atom is -0.484 e. The fraction of sp³-hybridized carbons (Fsp3) is 0.562. The van der Waals surface area contributed by atoms with E-state index >= 15 is 0 Å². The number of rotatable bonds is 4. The molecule has 2 fully saturated rings. The summed E-state index contributed by atoms with van der Waals surface area (Å²) in [5.74, 6) is -0.0585. The average molecular weight is 346 g/mol. The van der Waals surface area contributed by atoms with Crippen molar-refractivity contribution in [3.63, 3.8) is 0 Å². The lowest BCUT2D eigenvalue weighted by Gasteiger charge is -2.26. The number of hydrogen-bond donors (Lipinski definition) is 0. The van der Waals surface area contributed by atoms with E-state index in [1.807, 2.05) is 0 Å². The van der Waals surface area contributed by atoms with Gasteiger partial charge in [-0.3, -0.25) is 9.00 Å². The van der Waals surface area contributed by atoms with Gasteiger partial charge in [0, 0.05) is 32.8 Å². The number of alkyl halides is 3. The molecule has 2 unspecified atom stereocenters. The summed E-state index contributed by atoms with van der Waals surface area (Å²) in [4.78, 5) is 12.5. The van der Waals surface area contributed by atoms with Gasteiger partial charge in [0.05, 0.1) is 0 Å². The number of carbonyl (C=O) groups excluding carboxylic acids is 1. The second kappa shape index (κ2) is 6.26. The van der Waals surface area contributed by atoms with E-state index in [-0.39, 0.29) is 28.0 Å². The predicted molar refractivity (Wildman–Crippen MR) is 80.0 cm³/mol. The third-order valence-electron chi connectivity index (χ3n) is 4.47. The molecule has 0 spiro atoms. The molecule has 2 aliphatic rings. The molecule has 2 aliphatic heterocycles. The van der Waals surface area contributed by atoms with Gasteiger partial charge in [0.15, 0.2) is 12.4 Å². The number of carbonyl (C=O) groups is 1. The number of Topliss-reactive ketones (excluding diaryl/α,β-unsaturated/α-hetero) is 1. The predicted octanol–water partition coefficient (Wildman–Crippen LogP) is 3.50. The fourth-order valence-corrected chi connectivity index (χ4v) is 5.49. The Morgan fingerprint density at radius 2 is 1.70 bits per heavy atom. The zero-order valence-corrected chi connectivity index (χ0v) is 13.2. The summed E-state index contributed by atoms with van der Waals surface area (Å²) < 4.78 is 52.9. The molecule has 0 aliphatic carbocycles. The minimum absolute atomic E-state index is 0.0130. The number of benzene rings is 1. The van der Waals surface area contributed by atoms with Crippen LogP contribution in [-0.2, 0) is 10.8 Å². The molecule has 2 saturated heterocycles. The van der Waals surface area contributed by atoms with E-state index in [2.05, 4.69) is 4.74 Å². The van der Waals surface area contributed by atoms with Crippen molar-refractivity contribution in [3.05, 3.63) is 29.8 Å². The molecule has 0 aromatic heterocycles. The third-order valence-corrected chi connectivity index (χ3v) is 6.65. The van der Waals surface area contributed by atoms with Crippen molar-refractivity contribution in [2.24, 2.45) is 5.92 Å². The summed E-state index contributed by atoms with van der Waals surface area (Å²) in [7, 11) is -0.806. The zero-order valence-electron chi connectivity index (χ0n) is 12.3. The molecule has 0 N–H and O–H groups in total. The molecule has 1 aromatic rings. The summed E-state index contributed by atoms with van der Waals surface area (Å²) in [6.07, 6.45) is -1.25. The lowest BCUT2D eigenvalue weighted by molar-refractivity contribution is -0.153. The Hall–Kier alpha value is -1.37. The Morgan fingerprint density at radius 1 is 1.13 bits per heavy atom. The molecule has 23 heavy (non-hydrogen) atoms. The fourth-order valence-electron chi connectivity index (χ4n) is 3.36. The average Bonchev–Trinajstić information content (AvgIpc) is 2.74. The van der Waals surface area contributed by atoms with Crippen LogP contribution in [0.1, 0.15) is 36.0 Å². The maximum absolute atomic E-state index is 12.5. The molecule has 0 radical (unpaired) electrons. The van der Waals surface area contributed by atoms with Crippen LogP contribution in [0.15, 0.2) is 24.3 Å². The van der Waals surface area contributed by atoms with Crippen LogP contribution in [0, 0.1) is 5.92 Å². The van der Waals surface area contributed by atoms with Crippen LogP contribution < -0.4 is 4.74 Å². The number of ether oxygens (including phenoxy) is 1. The van der Waals surface area contributed by atoms with Crippen molar-refractivity contribution in [1.82, 2.24) is 0 Å². The largest absolute Gasteiger partial charge is 0.484 e. The van der Waals surface area contributed by atoms with E-state index < -0.39 is 23.6 Å². The number of ketones is 1. The van der Waals surface area contributed by atoms with Crippen molar-refractivity contribution < 1.29 is 26.9 Å². The van der Waals surface area contributed by atoms with Crippen LogP contribution in [-0.4, -0.2) is 33.3 Å². The Labute approximate surface area is 134 Å². The first-order valence-electron chi connectivity index (χ1n) is 7.57. The van der Waals surface area contributed by atoms with Crippen LogP contribution in [0.25, 0.3) is 0 Å². The van der Waals surface area contributed by atoms with Gasteiger partial charge in [-0.1, -0.05) is 0 Å². The Morgan fingerprint density at radius 3 is 2.22 bits per heavy atom.